The Labute approximate surface area is 173 Å². The average molecular weight is 435 g/mol. The van der Waals surface area contributed by atoms with Gasteiger partial charge in [0, 0.05) is 39.1 Å². The van der Waals surface area contributed by atoms with Crippen molar-refractivity contribution in [3.8, 4) is 11.4 Å². The topological polar surface area (TPSA) is 64.7 Å². The molecule has 5 nitrogen and oxygen atoms in total. The summed E-state index contributed by atoms with van der Waals surface area (Å²) in [5, 5.41) is 7.30. The monoisotopic (exact) mass is 434 g/mol. The molecule has 1 aromatic carbocycles. The predicted molar refractivity (Wildman–Crippen MR) is 108 cm³/mol. The Morgan fingerprint density at radius 3 is 2.89 bits per heavy atom. The third kappa shape index (κ3) is 4.68. The van der Waals surface area contributed by atoms with Crippen LogP contribution in [-0.2, 0) is 12.2 Å². The Morgan fingerprint density at radius 2 is 2.07 bits per heavy atom. The zero-order valence-corrected chi connectivity index (χ0v) is 16.9. The third-order valence-electron chi connectivity index (χ3n) is 3.62. The van der Waals surface area contributed by atoms with Crippen molar-refractivity contribution >= 4 is 46.3 Å². The van der Waals surface area contributed by atoms with Crippen molar-refractivity contribution in [2.45, 2.75) is 16.5 Å². The quantitative estimate of drug-likeness (QED) is 0.358. The lowest BCUT2D eigenvalue weighted by Gasteiger charge is -2.02. The number of thiazole rings is 1. The first-order valence-electron chi connectivity index (χ1n) is 7.91. The molecule has 0 radical (unpaired) electrons. The van der Waals surface area contributed by atoms with Crippen molar-refractivity contribution < 1.29 is 4.52 Å². The van der Waals surface area contributed by atoms with Crippen LogP contribution in [0.1, 0.15) is 17.1 Å². The summed E-state index contributed by atoms with van der Waals surface area (Å²) in [5.74, 6) is 1.78. The summed E-state index contributed by atoms with van der Waals surface area (Å²) >= 11 is 15.4. The molecule has 0 aliphatic carbocycles. The average Bonchev–Trinajstić information content (AvgIpc) is 3.32. The first-order chi connectivity index (χ1) is 13.2. The van der Waals surface area contributed by atoms with Crippen LogP contribution in [0.25, 0.3) is 11.4 Å². The second kappa shape index (κ2) is 8.39. The van der Waals surface area contributed by atoms with Crippen LogP contribution in [0, 0.1) is 0 Å². The van der Waals surface area contributed by atoms with E-state index in [-0.39, 0.29) is 0 Å². The largest absolute Gasteiger partial charge is 0.339 e. The Bertz CT molecular complexity index is 1050. The summed E-state index contributed by atoms with van der Waals surface area (Å²) in [4.78, 5) is 13.1. The number of rotatable bonds is 6. The third-order valence-corrected chi connectivity index (χ3v) is 6.32. The van der Waals surface area contributed by atoms with Crippen LogP contribution in [0.2, 0.25) is 10.0 Å². The smallest absolute Gasteiger partial charge is 0.233 e. The Balaban J connectivity index is 1.39. The maximum absolute atomic E-state index is 6.21. The first kappa shape index (κ1) is 18.4. The summed E-state index contributed by atoms with van der Waals surface area (Å²) < 4.78 is 6.29. The molecule has 0 bridgehead atoms. The van der Waals surface area contributed by atoms with Crippen LogP contribution in [0.3, 0.4) is 0 Å². The van der Waals surface area contributed by atoms with Gasteiger partial charge >= 0.3 is 0 Å². The van der Waals surface area contributed by atoms with Gasteiger partial charge in [0.25, 0.3) is 0 Å². The van der Waals surface area contributed by atoms with E-state index in [1.165, 1.54) is 0 Å². The van der Waals surface area contributed by atoms with Crippen LogP contribution in [0.5, 0.6) is 0 Å². The van der Waals surface area contributed by atoms with Crippen molar-refractivity contribution in [1.82, 2.24) is 20.1 Å². The summed E-state index contributed by atoms with van der Waals surface area (Å²) in [5.41, 5.74) is 2.74. The second-order valence-electron chi connectivity index (χ2n) is 5.56. The zero-order chi connectivity index (χ0) is 18.6. The Hall–Kier alpha value is -1.93. The van der Waals surface area contributed by atoms with E-state index in [1.54, 1.807) is 41.6 Å². The predicted octanol–water partition coefficient (Wildman–Crippen LogP) is 5.78. The molecule has 4 rings (SSSR count). The molecule has 0 atom stereocenters. The number of pyridine rings is 1. The number of thioether (sulfide) groups is 1. The minimum Gasteiger partial charge on any atom is -0.339 e. The molecular formula is C18H12Cl2N4OS2. The van der Waals surface area contributed by atoms with Crippen molar-refractivity contribution in [3.63, 3.8) is 0 Å². The fourth-order valence-corrected chi connectivity index (χ4v) is 4.71. The maximum atomic E-state index is 6.21. The van der Waals surface area contributed by atoms with E-state index in [1.807, 2.05) is 29.6 Å². The molecule has 0 unspecified atom stereocenters. The van der Waals surface area contributed by atoms with Gasteiger partial charge in [0.2, 0.25) is 11.7 Å². The Kier molecular flexibility index (Phi) is 5.73. The molecule has 136 valence electrons. The van der Waals surface area contributed by atoms with Gasteiger partial charge in [-0.15, -0.1) is 11.3 Å². The molecule has 0 saturated carbocycles. The van der Waals surface area contributed by atoms with Gasteiger partial charge in [-0.05, 0) is 29.8 Å². The Morgan fingerprint density at radius 1 is 1.15 bits per heavy atom. The van der Waals surface area contributed by atoms with Gasteiger partial charge < -0.3 is 4.52 Å². The van der Waals surface area contributed by atoms with Gasteiger partial charge in [0.15, 0.2) is 0 Å². The SMILES string of the molecule is Clc1ccc(CSc2nc(Cc3nc(-c4cccnc4)no3)cs2)c(Cl)c1. The highest BCUT2D eigenvalue weighted by atomic mass is 35.5. The number of nitrogens with zero attached hydrogens (tertiary/aromatic N) is 4. The molecule has 0 spiro atoms. The van der Waals surface area contributed by atoms with Gasteiger partial charge in [0.05, 0.1) is 12.1 Å². The fourth-order valence-electron chi connectivity index (χ4n) is 2.31. The highest BCUT2D eigenvalue weighted by molar-refractivity contribution is 8.00. The highest BCUT2D eigenvalue weighted by Gasteiger charge is 2.12. The lowest BCUT2D eigenvalue weighted by molar-refractivity contribution is 0.385. The van der Waals surface area contributed by atoms with Crippen molar-refractivity contribution in [2.75, 3.05) is 0 Å². The molecule has 3 heterocycles. The summed E-state index contributed by atoms with van der Waals surface area (Å²) in [6.07, 6.45) is 3.90. The molecule has 0 aliphatic rings. The van der Waals surface area contributed by atoms with E-state index < -0.39 is 0 Å². The minimum atomic E-state index is 0.492. The number of halogens is 2. The van der Waals surface area contributed by atoms with Gasteiger partial charge in [-0.1, -0.05) is 46.2 Å². The number of aromatic nitrogens is 4. The van der Waals surface area contributed by atoms with Crippen LogP contribution in [0.4, 0.5) is 0 Å². The van der Waals surface area contributed by atoms with Gasteiger partial charge in [-0.2, -0.15) is 4.98 Å². The lowest BCUT2D eigenvalue weighted by atomic mass is 10.2. The second-order valence-corrected chi connectivity index (χ2v) is 8.48. The van der Waals surface area contributed by atoms with Crippen molar-refractivity contribution in [1.29, 1.82) is 0 Å². The van der Waals surface area contributed by atoms with Crippen LogP contribution in [0.15, 0.2) is 57.0 Å². The minimum absolute atomic E-state index is 0.492. The van der Waals surface area contributed by atoms with Gasteiger partial charge in [-0.3, -0.25) is 4.98 Å². The van der Waals surface area contributed by atoms with Crippen LogP contribution >= 0.6 is 46.3 Å². The van der Waals surface area contributed by atoms with E-state index >= 15 is 0 Å². The van der Waals surface area contributed by atoms with E-state index in [9.17, 15) is 0 Å². The van der Waals surface area contributed by atoms with E-state index in [0.717, 1.165) is 26.9 Å². The standard InChI is InChI=1S/C18H12Cl2N4OS2/c19-13-4-3-12(15(20)6-13)9-26-18-22-14(10-27-18)7-16-23-17(24-25-16)11-2-1-5-21-8-11/h1-6,8,10H,7,9H2. The molecule has 0 amide bonds. The summed E-state index contributed by atoms with van der Waals surface area (Å²) in [6.45, 7) is 0. The number of benzene rings is 1. The fraction of sp³-hybridized carbons (Fsp3) is 0.111. The highest BCUT2D eigenvalue weighted by Crippen LogP contribution is 2.30. The molecule has 27 heavy (non-hydrogen) atoms. The first-order valence-corrected chi connectivity index (χ1v) is 10.5. The molecule has 3 aromatic heterocycles. The summed E-state index contributed by atoms with van der Waals surface area (Å²) in [6, 6.07) is 9.25. The molecular weight excluding hydrogens is 423 g/mol. The molecule has 0 fully saturated rings. The maximum Gasteiger partial charge on any atom is 0.233 e. The number of hydrogen-bond donors (Lipinski definition) is 0. The molecule has 0 saturated heterocycles. The normalized spacial score (nSPS) is 11.0. The van der Waals surface area contributed by atoms with Crippen molar-refractivity contribution in [3.05, 3.63) is 75.3 Å². The van der Waals surface area contributed by atoms with Crippen molar-refractivity contribution in [2.24, 2.45) is 0 Å². The summed E-state index contributed by atoms with van der Waals surface area (Å²) in [7, 11) is 0. The molecule has 0 aliphatic heterocycles. The molecule has 9 heteroatoms. The van der Waals surface area contributed by atoms with Crippen LogP contribution in [-0.4, -0.2) is 20.1 Å². The molecule has 4 aromatic rings. The molecule has 0 N–H and O–H groups in total. The van der Waals surface area contributed by atoms with Gasteiger partial charge in [-0.25, -0.2) is 4.98 Å². The van der Waals surface area contributed by atoms with E-state index in [2.05, 4.69) is 20.1 Å². The van der Waals surface area contributed by atoms with E-state index in [0.29, 0.717) is 28.2 Å². The van der Waals surface area contributed by atoms with Gasteiger partial charge in [0.1, 0.15) is 4.34 Å². The zero-order valence-electron chi connectivity index (χ0n) is 13.8. The van der Waals surface area contributed by atoms with Crippen LogP contribution < -0.4 is 0 Å². The number of hydrogen-bond acceptors (Lipinski definition) is 7. The van der Waals surface area contributed by atoms with E-state index in [4.69, 9.17) is 27.7 Å². The lowest BCUT2D eigenvalue weighted by Crippen LogP contribution is -1.89.